The summed E-state index contributed by atoms with van der Waals surface area (Å²) in [5.74, 6) is -0.940. The topological polar surface area (TPSA) is 123 Å². The van der Waals surface area contributed by atoms with Crippen molar-refractivity contribution >= 4 is 0 Å². The highest BCUT2D eigenvalue weighted by atomic mass is 19.3. The van der Waals surface area contributed by atoms with E-state index in [-0.39, 0.29) is 43.8 Å². The van der Waals surface area contributed by atoms with Crippen molar-refractivity contribution in [2.75, 3.05) is 39.5 Å². The van der Waals surface area contributed by atoms with Gasteiger partial charge in [-0.25, -0.2) is 17.6 Å². The molecule has 11 heteroatoms. The van der Waals surface area contributed by atoms with Crippen LogP contribution in [0.15, 0.2) is 0 Å². The molecule has 3 aliphatic heterocycles. The van der Waals surface area contributed by atoms with Crippen LogP contribution in [0.25, 0.3) is 0 Å². The van der Waals surface area contributed by atoms with Crippen LogP contribution in [0.3, 0.4) is 0 Å². The van der Waals surface area contributed by atoms with Gasteiger partial charge in [-0.3, -0.25) is 0 Å². The molecule has 0 aromatic rings. The second-order valence-corrected chi connectivity index (χ2v) is 26.8. The van der Waals surface area contributed by atoms with Crippen LogP contribution in [-0.4, -0.2) is 85.9 Å². The Labute approximate surface area is 638 Å². The van der Waals surface area contributed by atoms with Crippen molar-refractivity contribution in [1.29, 1.82) is 0 Å². The molecule has 0 amide bonds. The van der Waals surface area contributed by atoms with Gasteiger partial charge in [0, 0.05) is 64.2 Å². The number of hydrogen-bond acceptors (Lipinski definition) is 7. The fraction of sp³-hybridized carbons (Fsp3) is 1.00. The lowest BCUT2D eigenvalue weighted by molar-refractivity contribution is -0.0494. The quantitative estimate of drug-likeness (QED) is 0.153. The summed E-state index contributed by atoms with van der Waals surface area (Å²) in [6.45, 7) is 61.5. The van der Waals surface area contributed by atoms with Gasteiger partial charge < -0.3 is 36.5 Å². The summed E-state index contributed by atoms with van der Waals surface area (Å²) >= 11 is 0. The Morgan fingerprint density at radius 1 is 0.277 bits per heavy atom. The Hall–Kier alpha value is -0.560. The SMILES string of the molecule is C1CCCCC1.C1CCNCC1.C1CCOCC1.CC.CC.CC.CC.CC.CC.CC.CC.CC.CC.CC.CC1CCCC(F)(F)C1.CC1CCCC(N)C1.CC1CCCC(O)C1.CC1CCCCC1.CC1CCCOC1.FC1(F)CCCCC1.NC1CCCCC1.OC1CCCCC1. The fourth-order valence-electron chi connectivity index (χ4n) is 12.3. The van der Waals surface area contributed by atoms with Gasteiger partial charge in [0.2, 0.25) is 11.8 Å². The van der Waals surface area contributed by atoms with E-state index in [0.717, 1.165) is 88.6 Å². The third-order valence-corrected chi connectivity index (χ3v) is 17.6. The molecule has 628 valence electrons. The van der Waals surface area contributed by atoms with E-state index in [4.69, 9.17) is 31.2 Å². The Kier molecular flexibility index (Phi) is 136. The van der Waals surface area contributed by atoms with Gasteiger partial charge in [-0.05, 0) is 158 Å². The highest BCUT2D eigenvalue weighted by Gasteiger charge is 2.34. The molecule has 3 heterocycles. The number of aliphatic hydroxyl groups is 2. The zero-order valence-electron chi connectivity index (χ0n) is 74.8. The van der Waals surface area contributed by atoms with Gasteiger partial charge in [-0.15, -0.1) is 0 Å². The summed E-state index contributed by atoms with van der Waals surface area (Å²) in [6, 6.07) is 1.05. The molecule has 6 unspecified atom stereocenters. The predicted octanol–water partition coefficient (Wildman–Crippen LogP) is 30.7. The molecule has 7 nitrogen and oxygen atoms in total. The van der Waals surface area contributed by atoms with E-state index in [0.29, 0.717) is 31.3 Å². The minimum Gasteiger partial charge on any atom is -0.393 e. The normalized spacial score (nSPS) is 24.0. The van der Waals surface area contributed by atoms with Gasteiger partial charge in [0.05, 0.1) is 12.2 Å². The minimum atomic E-state index is -2.35. The van der Waals surface area contributed by atoms with Crippen molar-refractivity contribution in [3.05, 3.63) is 0 Å². The van der Waals surface area contributed by atoms with E-state index in [9.17, 15) is 17.6 Å². The number of nitrogens with two attached hydrogens (primary N) is 2. The number of rotatable bonds is 0. The first-order chi connectivity index (χ1) is 49.0. The molecule has 101 heavy (non-hydrogen) atoms. The van der Waals surface area contributed by atoms with Crippen LogP contribution in [0.2, 0.25) is 0 Å². The lowest BCUT2D eigenvalue weighted by Crippen LogP contribution is -2.26. The molecule has 11 rings (SSSR count). The summed E-state index contributed by atoms with van der Waals surface area (Å²) in [7, 11) is 0. The van der Waals surface area contributed by atoms with Gasteiger partial charge in [-0.1, -0.05) is 341 Å². The van der Waals surface area contributed by atoms with Crippen LogP contribution in [0.4, 0.5) is 17.6 Å². The Bertz CT molecular complexity index is 1080. The zero-order valence-corrected chi connectivity index (χ0v) is 74.8. The molecule has 7 N–H and O–H groups in total. The largest absolute Gasteiger partial charge is 0.393 e. The highest BCUT2D eigenvalue weighted by Crippen LogP contribution is 2.36. The molecule has 0 aromatic carbocycles. The standard InChI is InChI=1S/C7H12F2.C7H15N.C7H14O.C7H14.C6H10F2.C6H13N.2C6H12O.C6H12.C5H11N.C5H10O.11C2H6/c1-6-3-2-4-7(8,9)5-6;2*1-6-3-2-4-7(8)5-6;1-7-5-3-2-4-6-7;7-6(8)4-2-1-3-5-6;7-6-4-2-1-3-5-6;1-6-3-2-4-7-5-6;7-6-4-2-1-3-5-6;3*1-2-4-6-5-3-1;11*1-2/h6H,2-5H2,1H3;6-7H,2-5,8H2,1H3;6-8H,2-5H2,1H3;7H,2-6H2,1H3;1-5H2;6H,1-5,7H2;6H,2-5H2,1H3;6-7H,1-5H2;1-6H2;6H,1-5H2;1-5H2;11*1-2H3. The second kappa shape index (κ2) is 110. The van der Waals surface area contributed by atoms with Crippen LogP contribution >= 0.6 is 0 Å². The lowest BCUT2D eigenvalue weighted by Gasteiger charge is -2.25. The summed E-state index contributed by atoms with van der Waals surface area (Å²) in [5, 5.41) is 21.3. The van der Waals surface area contributed by atoms with Crippen molar-refractivity contribution in [2.45, 2.75) is 518 Å². The van der Waals surface area contributed by atoms with E-state index >= 15 is 0 Å². The van der Waals surface area contributed by atoms with Gasteiger partial charge in [0.1, 0.15) is 0 Å². The van der Waals surface area contributed by atoms with Crippen LogP contribution in [-0.2, 0) is 9.47 Å². The molecule has 11 aliphatic rings. The first-order valence-corrected chi connectivity index (χ1v) is 45.5. The molecule has 6 atom stereocenters. The van der Waals surface area contributed by atoms with E-state index < -0.39 is 11.8 Å². The summed E-state index contributed by atoms with van der Waals surface area (Å²) in [6.07, 6.45) is 54.2. The minimum absolute atomic E-state index is 0.0127. The average molecular weight is 1470 g/mol. The number of hydrogen-bond donors (Lipinski definition) is 5. The predicted molar refractivity (Wildman–Crippen MR) is 455 cm³/mol. The van der Waals surface area contributed by atoms with E-state index in [1.807, 2.05) is 159 Å². The molecule has 8 aliphatic carbocycles. The van der Waals surface area contributed by atoms with E-state index in [1.165, 1.54) is 225 Å². The first-order valence-electron chi connectivity index (χ1n) is 45.5. The number of aliphatic hydroxyl groups excluding tert-OH is 2. The second-order valence-electron chi connectivity index (χ2n) is 26.8. The molecule has 0 radical (unpaired) electrons. The maximum absolute atomic E-state index is 12.5. The maximum atomic E-state index is 12.5. The highest BCUT2D eigenvalue weighted by molar-refractivity contribution is 4.76. The van der Waals surface area contributed by atoms with Crippen molar-refractivity contribution in [2.24, 2.45) is 41.1 Å². The molecule has 11 fully saturated rings. The number of halogens is 4. The maximum Gasteiger partial charge on any atom is 0.248 e. The van der Waals surface area contributed by atoms with Crippen molar-refractivity contribution < 1.29 is 37.2 Å². The van der Waals surface area contributed by atoms with Crippen LogP contribution in [0.1, 0.15) is 482 Å². The number of alkyl halides is 4. The van der Waals surface area contributed by atoms with Crippen LogP contribution < -0.4 is 16.8 Å². The molecule has 8 saturated carbocycles. The monoisotopic (exact) mass is 1460 g/mol. The van der Waals surface area contributed by atoms with Gasteiger partial charge >= 0.3 is 0 Å². The van der Waals surface area contributed by atoms with Crippen molar-refractivity contribution in [1.82, 2.24) is 5.32 Å². The Balaban J connectivity index is -0.0000000954. The third kappa shape index (κ3) is 113. The van der Waals surface area contributed by atoms with Crippen molar-refractivity contribution in [3.63, 3.8) is 0 Å². The molecule has 0 spiro atoms. The number of piperidine rings is 1. The molecule has 0 bridgehead atoms. The fourth-order valence-corrected chi connectivity index (χ4v) is 12.3. The smallest absolute Gasteiger partial charge is 0.248 e. The Morgan fingerprint density at radius 3 is 0.772 bits per heavy atom. The third-order valence-electron chi connectivity index (χ3n) is 17.6. The Morgan fingerprint density at radius 2 is 0.584 bits per heavy atom. The van der Waals surface area contributed by atoms with Crippen LogP contribution in [0.5, 0.6) is 0 Å². The van der Waals surface area contributed by atoms with E-state index in [2.05, 4.69) is 33.0 Å². The molecule has 0 aromatic heterocycles. The summed E-state index contributed by atoms with van der Waals surface area (Å²) in [4.78, 5) is 0. The van der Waals surface area contributed by atoms with Gasteiger partial charge in [-0.2, -0.15) is 0 Å². The van der Waals surface area contributed by atoms with Gasteiger partial charge in [0.25, 0.3) is 0 Å². The molecule has 3 saturated heterocycles. The number of ether oxygens (including phenoxy) is 2. The first kappa shape index (κ1) is 124. The lowest BCUT2D eigenvalue weighted by atomic mass is 9.88. The molecular formula is C90H201F4N3O4. The van der Waals surface area contributed by atoms with Crippen LogP contribution in [0, 0.1) is 29.6 Å². The van der Waals surface area contributed by atoms with Gasteiger partial charge in [0.15, 0.2) is 0 Å². The summed E-state index contributed by atoms with van der Waals surface area (Å²) < 4.78 is 59.6. The number of nitrogens with one attached hydrogen (secondary N) is 1. The molecular weight excluding hydrogens is 1260 g/mol. The van der Waals surface area contributed by atoms with E-state index in [1.54, 1.807) is 0 Å². The van der Waals surface area contributed by atoms with Crippen molar-refractivity contribution in [3.8, 4) is 0 Å². The average Bonchev–Trinajstić information content (AvgIpc) is 0.934. The zero-order chi connectivity index (χ0) is 80.1. The summed E-state index contributed by atoms with van der Waals surface area (Å²) in [5.41, 5.74) is 11.4.